The highest BCUT2D eigenvalue weighted by molar-refractivity contribution is 5.75. The fourth-order valence-corrected chi connectivity index (χ4v) is 3.11. The maximum atomic E-state index is 12.3. The van der Waals surface area contributed by atoms with Crippen molar-refractivity contribution in [2.24, 2.45) is 5.92 Å². The third-order valence-corrected chi connectivity index (χ3v) is 4.56. The molecule has 1 amide bonds. The Bertz CT molecular complexity index is 697. The molecule has 0 aliphatic carbocycles. The molecule has 1 unspecified atom stereocenters. The van der Waals surface area contributed by atoms with Gasteiger partial charge in [0, 0.05) is 31.2 Å². The van der Waals surface area contributed by atoms with Crippen LogP contribution < -0.4 is 5.32 Å². The minimum atomic E-state index is -0.110. The number of carbonyl (C=O) groups is 1. The number of morpholine rings is 1. The van der Waals surface area contributed by atoms with E-state index in [2.05, 4.69) is 39.5 Å². The fourth-order valence-electron chi connectivity index (χ4n) is 3.11. The molecule has 1 N–H and O–H groups in total. The van der Waals surface area contributed by atoms with E-state index in [0.29, 0.717) is 24.3 Å². The first-order valence-corrected chi connectivity index (χ1v) is 9.05. The summed E-state index contributed by atoms with van der Waals surface area (Å²) >= 11 is 0. The summed E-state index contributed by atoms with van der Waals surface area (Å²) in [6, 6.07) is 9.89. The van der Waals surface area contributed by atoms with E-state index in [0.717, 1.165) is 31.9 Å². The Morgan fingerprint density at radius 1 is 1.23 bits per heavy atom. The van der Waals surface area contributed by atoms with Crippen LogP contribution in [0.4, 0.5) is 0 Å². The number of amides is 1. The topological polar surface area (TPSA) is 85.2 Å². The zero-order chi connectivity index (χ0) is 18.4. The van der Waals surface area contributed by atoms with Crippen molar-refractivity contribution < 1.29 is 9.53 Å². The van der Waals surface area contributed by atoms with Gasteiger partial charge in [-0.3, -0.25) is 9.69 Å². The smallest absolute Gasteiger partial charge is 0.243 e. The lowest BCUT2D eigenvalue weighted by atomic mass is 10.0. The van der Waals surface area contributed by atoms with E-state index in [1.165, 1.54) is 4.80 Å². The van der Waals surface area contributed by atoms with Gasteiger partial charge in [-0.05, 0) is 11.1 Å². The van der Waals surface area contributed by atoms with Crippen molar-refractivity contribution >= 4 is 5.91 Å². The minimum absolute atomic E-state index is 0.0633. The van der Waals surface area contributed by atoms with E-state index in [-0.39, 0.29) is 12.5 Å². The number of hydrogen-bond acceptors (Lipinski definition) is 6. The second kappa shape index (κ2) is 8.86. The summed E-state index contributed by atoms with van der Waals surface area (Å²) in [5.74, 6) is 0.857. The van der Waals surface area contributed by atoms with Crippen molar-refractivity contribution in [3.8, 4) is 11.4 Å². The maximum Gasteiger partial charge on any atom is 0.243 e. The summed E-state index contributed by atoms with van der Waals surface area (Å²) < 4.78 is 5.42. The van der Waals surface area contributed by atoms with E-state index >= 15 is 0 Å². The Kier molecular flexibility index (Phi) is 6.30. The first-order valence-electron chi connectivity index (χ1n) is 9.05. The van der Waals surface area contributed by atoms with Gasteiger partial charge < -0.3 is 10.1 Å². The van der Waals surface area contributed by atoms with Gasteiger partial charge in [0.1, 0.15) is 6.54 Å². The highest BCUT2D eigenvalue weighted by atomic mass is 16.5. The molecule has 1 saturated heterocycles. The highest BCUT2D eigenvalue weighted by Gasteiger charge is 2.24. The predicted molar refractivity (Wildman–Crippen MR) is 97.3 cm³/mol. The number of benzene rings is 1. The lowest BCUT2D eigenvalue weighted by molar-refractivity contribution is -0.122. The molecule has 0 bridgehead atoms. The zero-order valence-electron chi connectivity index (χ0n) is 15.3. The summed E-state index contributed by atoms with van der Waals surface area (Å²) in [4.78, 5) is 16.0. The van der Waals surface area contributed by atoms with Crippen LogP contribution in [0.3, 0.4) is 0 Å². The zero-order valence-corrected chi connectivity index (χ0v) is 15.3. The van der Waals surface area contributed by atoms with Gasteiger partial charge >= 0.3 is 0 Å². The quantitative estimate of drug-likeness (QED) is 0.788. The first-order chi connectivity index (χ1) is 12.6. The average molecular weight is 358 g/mol. The number of rotatable bonds is 7. The van der Waals surface area contributed by atoms with Gasteiger partial charge in [0.2, 0.25) is 11.7 Å². The number of carbonyl (C=O) groups excluding carboxylic acids is 1. The van der Waals surface area contributed by atoms with Crippen LogP contribution in [0.5, 0.6) is 0 Å². The number of nitrogens with one attached hydrogen (secondary N) is 1. The van der Waals surface area contributed by atoms with Crippen molar-refractivity contribution in [3.05, 3.63) is 30.3 Å². The van der Waals surface area contributed by atoms with Crippen LogP contribution in [0.2, 0.25) is 0 Å². The summed E-state index contributed by atoms with van der Waals surface area (Å²) in [7, 11) is 0. The van der Waals surface area contributed by atoms with Crippen molar-refractivity contribution in [1.82, 2.24) is 30.4 Å². The molecule has 0 radical (unpaired) electrons. The summed E-state index contributed by atoms with van der Waals surface area (Å²) in [6.45, 7) is 8.34. The summed E-state index contributed by atoms with van der Waals surface area (Å²) in [5.41, 5.74) is 0.881. The third kappa shape index (κ3) is 4.86. The van der Waals surface area contributed by atoms with Crippen LogP contribution in [0, 0.1) is 5.92 Å². The number of hydrogen-bond donors (Lipinski definition) is 1. The number of aromatic nitrogens is 4. The van der Waals surface area contributed by atoms with Gasteiger partial charge in [0.15, 0.2) is 0 Å². The monoisotopic (exact) mass is 358 g/mol. The van der Waals surface area contributed by atoms with Crippen molar-refractivity contribution in [1.29, 1.82) is 0 Å². The largest absolute Gasteiger partial charge is 0.379 e. The molecule has 1 aliphatic rings. The van der Waals surface area contributed by atoms with E-state index in [1.54, 1.807) is 0 Å². The molecule has 140 valence electrons. The Labute approximate surface area is 153 Å². The lowest BCUT2D eigenvalue weighted by Crippen LogP contribution is -2.51. The lowest BCUT2D eigenvalue weighted by Gasteiger charge is -2.36. The molecule has 8 nitrogen and oxygen atoms in total. The molecule has 1 atom stereocenters. The Hall–Kier alpha value is -2.32. The van der Waals surface area contributed by atoms with E-state index in [1.807, 2.05) is 30.3 Å². The Morgan fingerprint density at radius 3 is 2.65 bits per heavy atom. The second-order valence-electron chi connectivity index (χ2n) is 6.77. The molecular formula is C18H26N6O2. The molecule has 1 fully saturated rings. The third-order valence-electron chi connectivity index (χ3n) is 4.56. The molecule has 1 aliphatic heterocycles. The van der Waals surface area contributed by atoms with Gasteiger partial charge in [-0.25, -0.2) is 0 Å². The molecule has 8 heteroatoms. The van der Waals surface area contributed by atoms with Crippen molar-refractivity contribution in [2.45, 2.75) is 26.4 Å². The second-order valence-corrected chi connectivity index (χ2v) is 6.77. The van der Waals surface area contributed by atoms with Gasteiger partial charge in [-0.2, -0.15) is 4.80 Å². The number of tetrazole rings is 1. The molecule has 3 rings (SSSR count). The molecule has 0 saturated carbocycles. The Balaban J connectivity index is 1.52. The van der Waals surface area contributed by atoms with Crippen LogP contribution in [-0.2, 0) is 16.1 Å². The molecular weight excluding hydrogens is 332 g/mol. The van der Waals surface area contributed by atoms with Gasteiger partial charge in [-0.1, -0.05) is 44.2 Å². The van der Waals surface area contributed by atoms with Crippen LogP contribution in [-0.4, -0.2) is 69.9 Å². The molecule has 26 heavy (non-hydrogen) atoms. The standard InChI is InChI=1S/C18H26N6O2/c1-14(2)16(23-8-10-26-11-9-23)12-19-17(25)13-24-21-18(20-22-24)15-6-4-3-5-7-15/h3-7,14,16H,8-13H2,1-2H3,(H,19,25). The summed E-state index contributed by atoms with van der Waals surface area (Å²) in [5, 5.41) is 15.3. The number of ether oxygens (including phenoxy) is 1. The molecule has 1 aromatic heterocycles. The van der Waals surface area contributed by atoms with Crippen LogP contribution in [0.15, 0.2) is 30.3 Å². The van der Waals surface area contributed by atoms with E-state index in [9.17, 15) is 4.79 Å². The molecule has 0 spiro atoms. The maximum absolute atomic E-state index is 12.3. The SMILES string of the molecule is CC(C)C(CNC(=O)Cn1nnc(-c2ccccc2)n1)N1CCOCC1. The average Bonchev–Trinajstić information content (AvgIpc) is 3.11. The predicted octanol–water partition coefficient (Wildman–Crippen LogP) is 0.813. The molecule has 2 heterocycles. The molecule has 2 aromatic rings. The van der Waals surface area contributed by atoms with Crippen LogP contribution in [0.1, 0.15) is 13.8 Å². The van der Waals surface area contributed by atoms with E-state index < -0.39 is 0 Å². The number of nitrogens with zero attached hydrogens (tertiary/aromatic N) is 5. The molecule has 1 aromatic carbocycles. The van der Waals surface area contributed by atoms with Crippen LogP contribution >= 0.6 is 0 Å². The highest BCUT2D eigenvalue weighted by Crippen LogP contribution is 2.13. The normalized spacial score (nSPS) is 16.6. The van der Waals surface area contributed by atoms with E-state index in [4.69, 9.17) is 4.74 Å². The van der Waals surface area contributed by atoms with Crippen molar-refractivity contribution in [2.75, 3.05) is 32.8 Å². The van der Waals surface area contributed by atoms with Gasteiger partial charge in [0.05, 0.1) is 13.2 Å². The van der Waals surface area contributed by atoms with Gasteiger partial charge in [0.25, 0.3) is 0 Å². The van der Waals surface area contributed by atoms with Crippen molar-refractivity contribution in [3.63, 3.8) is 0 Å². The first kappa shape index (κ1) is 18.5. The minimum Gasteiger partial charge on any atom is -0.379 e. The summed E-state index contributed by atoms with van der Waals surface area (Å²) in [6.07, 6.45) is 0. The van der Waals surface area contributed by atoms with Crippen LogP contribution in [0.25, 0.3) is 11.4 Å². The van der Waals surface area contributed by atoms with Gasteiger partial charge in [-0.15, -0.1) is 10.2 Å². The Morgan fingerprint density at radius 2 is 1.96 bits per heavy atom. The fraction of sp³-hybridized carbons (Fsp3) is 0.556.